The Labute approximate surface area is 114 Å². The van der Waals surface area contributed by atoms with Crippen LogP contribution < -0.4 is 10.1 Å². The second-order valence-corrected chi connectivity index (χ2v) is 4.58. The van der Waals surface area contributed by atoms with Crippen molar-refractivity contribution >= 4 is 28.3 Å². The first kappa shape index (κ1) is 12.3. The van der Waals surface area contributed by atoms with Gasteiger partial charge in [0.05, 0.1) is 13.2 Å². The molecule has 0 radical (unpaired) electrons. The van der Waals surface area contributed by atoms with Gasteiger partial charge in [-0.25, -0.2) is 0 Å². The van der Waals surface area contributed by atoms with Crippen LogP contribution in [0.1, 0.15) is 12.7 Å². The van der Waals surface area contributed by atoms with Crippen molar-refractivity contribution in [3.63, 3.8) is 0 Å². The lowest BCUT2D eigenvalue weighted by atomic mass is 10.3. The number of halogens is 1. The molecule has 1 aromatic carbocycles. The standard InChI is InChI=1S/C13H14INO2/c1-2-16-11-5-3-4-10(8-11)15-9-12-6-7-13(14)17-12/h3-8,15H,2,9H2,1H3. The molecule has 0 aliphatic rings. The van der Waals surface area contributed by atoms with E-state index in [0.717, 1.165) is 21.0 Å². The summed E-state index contributed by atoms with van der Waals surface area (Å²) in [5.74, 6) is 1.81. The highest BCUT2D eigenvalue weighted by Crippen LogP contribution is 2.18. The number of anilines is 1. The molecule has 90 valence electrons. The Hall–Kier alpha value is -1.17. The van der Waals surface area contributed by atoms with Gasteiger partial charge in [0.25, 0.3) is 0 Å². The number of rotatable bonds is 5. The quantitative estimate of drug-likeness (QED) is 0.837. The number of hydrogen-bond acceptors (Lipinski definition) is 3. The highest BCUT2D eigenvalue weighted by molar-refractivity contribution is 14.1. The number of benzene rings is 1. The highest BCUT2D eigenvalue weighted by atomic mass is 127. The van der Waals surface area contributed by atoms with Gasteiger partial charge in [-0.15, -0.1) is 0 Å². The Morgan fingerprint density at radius 3 is 2.88 bits per heavy atom. The summed E-state index contributed by atoms with van der Waals surface area (Å²) >= 11 is 2.16. The van der Waals surface area contributed by atoms with Crippen LogP contribution in [0.5, 0.6) is 5.75 Å². The molecule has 2 aromatic rings. The van der Waals surface area contributed by atoms with Crippen molar-refractivity contribution in [1.82, 2.24) is 0 Å². The van der Waals surface area contributed by atoms with Gasteiger partial charge >= 0.3 is 0 Å². The summed E-state index contributed by atoms with van der Waals surface area (Å²) in [7, 11) is 0. The molecule has 0 aliphatic heterocycles. The molecule has 4 heteroatoms. The second-order valence-electron chi connectivity index (χ2n) is 3.52. The molecular weight excluding hydrogens is 329 g/mol. The van der Waals surface area contributed by atoms with Crippen molar-refractivity contribution in [3.8, 4) is 5.75 Å². The summed E-state index contributed by atoms with van der Waals surface area (Å²) in [5, 5.41) is 3.30. The van der Waals surface area contributed by atoms with Crippen LogP contribution in [0, 0.1) is 3.77 Å². The third-order valence-electron chi connectivity index (χ3n) is 2.24. The van der Waals surface area contributed by atoms with E-state index in [1.54, 1.807) is 0 Å². The molecule has 17 heavy (non-hydrogen) atoms. The molecule has 1 N–H and O–H groups in total. The summed E-state index contributed by atoms with van der Waals surface area (Å²) in [6.07, 6.45) is 0. The van der Waals surface area contributed by atoms with Gasteiger partial charge in [-0.05, 0) is 53.8 Å². The van der Waals surface area contributed by atoms with Crippen molar-refractivity contribution in [2.45, 2.75) is 13.5 Å². The van der Waals surface area contributed by atoms with Gasteiger partial charge < -0.3 is 14.5 Å². The fourth-order valence-electron chi connectivity index (χ4n) is 1.50. The Balaban J connectivity index is 1.96. The summed E-state index contributed by atoms with van der Waals surface area (Å²) < 4.78 is 11.8. The largest absolute Gasteiger partial charge is 0.494 e. The minimum absolute atomic E-state index is 0.679. The van der Waals surface area contributed by atoms with E-state index in [4.69, 9.17) is 9.15 Å². The number of furan rings is 1. The number of nitrogens with one attached hydrogen (secondary N) is 1. The fraction of sp³-hybridized carbons (Fsp3) is 0.231. The lowest BCUT2D eigenvalue weighted by Gasteiger charge is -2.07. The van der Waals surface area contributed by atoms with E-state index in [-0.39, 0.29) is 0 Å². The maximum Gasteiger partial charge on any atom is 0.164 e. The zero-order valence-corrected chi connectivity index (χ0v) is 11.7. The lowest BCUT2D eigenvalue weighted by Crippen LogP contribution is -1.99. The predicted octanol–water partition coefficient (Wildman–Crippen LogP) is 3.90. The molecule has 0 atom stereocenters. The van der Waals surface area contributed by atoms with Crippen molar-refractivity contribution in [3.05, 3.63) is 45.9 Å². The van der Waals surface area contributed by atoms with E-state index in [0.29, 0.717) is 13.2 Å². The molecule has 0 aliphatic carbocycles. The molecule has 3 nitrogen and oxygen atoms in total. The maximum absolute atomic E-state index is 5.48. The number of hydrogen-bond donors (Lipinski definition) is 1. The van der Waals surface area contributed by atoms with Crippen LogP contribution in [0.3, 0.4) is 0 Å². The summed E-state index contributed by atoms with van der Waals surface area (Å²) in [5.41, 5.74) is 1.03. The van der Waals surface area contributed by atoms with Crippen molar-refractivity contribution < 1.29 is 9.15 Å². The zero-order valence-electron chi connectivity index (χ0n) is 9.57. The molecular formula is C13H14INO2. The average Bonchev–Trinajstić information content (AvgIpc) is 2.74. The Bertz CT molecular complexity index is 482. The van der Waals surface area contributed by atoms with E-state index in [1.807, 2.05) is 43.3 Å². The predicted molar refractivity (Wildman–Crippen MR) is 76.4 cm³/mol. The molecule has 1 heterocycles. The van der Waals surface area contributed by atoms with Crippen LogP contribution in [0.4, 0.5) is 5.69 Å². The monoisotopic (exact) mass is 343 g/mol. The Morgan fingerprint density at radius 2 is 2.18 bits per heavy atom. The van der Waals surface area contributed by atoms with Crippen LogP contribution in [0.25, 0.3) is 0 Å². The van der Waals surface area contributed by atoms with Crippen LogP contribution in [-0.4, -0.2) is 6.61 Å². The van der Waals surface area contributed by atoms with E-state index < -0.39 is 0 Å². The average molecular weight is 343 g/mol. The molecule has 1 aromatic heterocycles. The van der Waals surface area contributed by atoms with Crippen molar-refractivity contribution in [2.24, 2.45) is 0 Å². The maximum atomic E-state index is 5.48. The Kier molecular flexibility index (Phi) is 4.30. The minimum atomic E-state index is 0.679. The molecule has 2 rings (SSSR count). The van der Waals surface area contributed by atoms with Gasteiger partial charge in [0.1, 0.15) is 11.5 Å². The first-order valence-corrected chi connectivity index (χ1v) is 6.57. The smallest absolute Gasteiger partial charge is 0.164 e. The molecule has 0 fully saturated rings. The molecule has 0 saturated carbocycles. The van der Waals surface area contributed by atoms with Gasteiger partial charge in [-0.1, -0.05) is 6.07 Å². The fourth-order valence-corrected chi connectivity index (χ4v) is 1.96. The van der Waals surface area contributed by atoms with Crippen LogP contribution in [-0.2, 0) is 6.54 Å². The van der Waals surface area contributed by atoms with Crippen molar-refractivity contribution in [2.75, 3.05) is 11.9 Å². The zero-order chi connectivity index (χ0) is 12.1. The molecule has 0 saturated heterocycles. The lowest BCUT2D eigenvalue weighted by molar-refractivity contribution is 0.340. The highest BCUT2D eigenvalue weighted by Gasteiger charge is 2.00. The van der Waals surface area contributed by atoms with Gasteiger partial charge in [-0.2, -0.15) is 0 Å². The van der Waals surface area contributed by atoms with Gasteiger partial charge in [0.15, 0.2) is 3.77 Å². The molecule has 0 spiro atoms. The van der Waals surface area contributed by atoms with E-state index in [9.17, 15) is 0 Å². The van der Waals surface area contributed by atoms with Gasteiger partial charge in [0, 0.05) is 11.8 Å². The van der Waals surface area contributed by atoms with Crippen LogP contribution in [0.15, 0.2) is 40.8 Å². The van der Waals surface area contributed by atoms with Crippen LogP contribution in [0.2, 0.25) is 0 Å². The van der Waals surface area contributed by atoms with Crippen molar-refractivity contribution in [1.29, 1.82) is 0 Å². The molecule has 0 amide bonds. The third-order valence-corrected chi connectivity index (χ3v) is 2.82. The van der Waals surface area contributed by atoms with Crippen LogP contribution >= 0.6 is 22.6 Å². The first-order chi connectivity index (χ1) is 8.28. The second kappa shape index (κ2) is 5.95. The van der Waals surface area contributed by atoms with Gasteiger partial charge in [0.2, 0.25) is 0 Å². The third kappa shape index (κ3) is 3.66. The Morgan fingerprint density at radius 1 is 1.29 bits per heavy atom. The summed E-state index contributed by atoms with van der Waals surface area (Å²) in [6.45, 7) is 3.34. The first-order valence-electron chi connectivity index (χ1n) is 5.49. The van der Waals surface area contributed by atoms with E-state index in [1.165, 1.54) is 0 Å². The SMILES string of the molecule is CCOc1cccc(NCc2ccc(I)o2)c1. The summed E-state index contributed by atoms with van der Waals surface area (Å²) in [6, 6.07) is 11.8. The minimum Gasteiger partial charge on any atom is -0.494 e. The normalized spacial score (nSPS) is 10.2. The van der Waals surface area contributed by atoms with Gasteiger partial charge in [-0.3, -0.25) is 0 Å². The topological polar surface area (TPSA) is 34.4 Å². The number of ether oxygens (including phenoxy) is 1. The van der Waals surface area contributed by atoms with E-state index >= 15 is 0 Å². The van der Waals surface area contributed by atoms with E-state index in [2.05, 4.69) is 27.9 Å². The summed E-state index contributed by atoms with van der Waals surface area (Å²) in [4.78, 5) is 0. The molecule has 0 unspecified atom stereocenters. The molecule has 0 bridgehead atoms.